The lowest BCUT2D eigenvalue weighted by Gasteiger charge is -2.09. The highest BCUT2D eigenvalue weighted by atomic mass is 32.2. The third kappa shape index (κ3) is 3.49. The molecule has 0 spiro atoms. The second-order valence-electron chi connectivity index (χ2n) is 5.39. The molecule has 1 aromatic heterocycles. The first kappa shape index (κ1) is 14.7. The molecule has 21 heavy (non-hydrogen) atoms. The summed E-state index contributed by atoms with van der Waals surface area (Å²) in [6.45, 7) is 0. The Morgan fingerprint density at radius 2 is 1.81 bits per heavy atom. The van der Waals surface area contributed by atoms with Crippen LogP contribution in [0.1, 0.15) is 30.7 Å². The van der Waals surface area contributed by atoms with Crippen LogP contribution in [0.15, 0.2) is 30.3 Å². The van der Waals surface area contributed by atoms with Crippen LogP contribution in [0.5, 0.6) is 0 Å². The van der Waals surface area contributed by atoms with E-state index in [4.69, 9.17) is 0 Å². The van der Waals surface area contributed by atoms with Gasteiger partial charge < -0.3 is 0 Å². The molecular weight excluding hydrogens is 304 g/mol. The SMILES string of the molecule is O=S(=O)(CCc1nnc(-c2ccccc2)s1)C1CCCC1. The molecule has 0 radical (unpaired) electrons. The normalized spacial score (nSPS) is 16.4. The molecular formula is C15H18N2O2S2. The van der Waals surface area contributed by atoms with Crippen LogP contribution in [-0.2, 0) is 16.3 Å². The van der Waals surface area contributed by atoms with Crippen LogP contribution in [0.25, 0.3) is 10.6 Å². The molecule has 6 heteroatoms. The van der Waals surface area contributed by atoms with E-state index in [1.54, 1.807) is 0 Å². The molecule has 1 saturated carbocycles. The Kier molecular flexibility index (Phi) is 4.35. The molecule has 3 rings (SSSR count). The van der Waals surface area contributed by atoms with E-state index in [9.17, 15) is 8.42 Å². The first-order valence-corrected chi connectivity index (χ1v) is 9.78. The Bertz CT molecular complexity index is 689. The molecule has 2 aromatic rings. The highest BCUT2D eigenvalue weighted by Gasteiger charge is 2.28. The van der Waals surface area contributed by atoms with E-state index in [2.05, 4.69) is 10.2 Å². The van der Waals surface area contributed by atoms with E-state index >= 15 is 0 Å². The third-order valence-corrected chi connectivity index (χ3v) is 7.19. The van der Waals surface area contributed by atoms with Crippen LogP contribution >= 0.6 is 11.3 Å². The van der Waals surface area contributed by atoms with Crippen LogP contribution < -0.4 is 0 Å². The van der Waals surface area contributed by atoms with Crippen molar-refractivity contribution in [2.45, 2.75) is 37.4 Å². The predicted octanol–water partition coefficient (Wildman–Crippen LogP) is 3.11. The third-order valence-electron chi connectivity index (χ3n) is 3.90. The van der Waals surface area contributed by atoms with Gasteiger partial charge in [-0.3, -0.25) is 0 Å². The van der Waals surface area contributed by atoms with Crippen molar-refractivity contribution in [1.29, 1.82) is 0 Å². The van der Waals surface area contributed by atoms with Crippen LogP contribution in [-0.4, -0.2) is 29.6 Å². The van der Waals surface area contributed by atoms with Gasteiger partial charge >= 0.3 is 0 Å². The van der Waals surface area contributed by atoms with Gasteiger partial charge in [-0.2, -0.15) is 0 Å². The summed E-state index contributed by atoms with van der Waals surface area (Å²) >= 11 is 1.48. The van der Waals surface area contributed by atoms with Crippen molar-refractivity contribution < 1.29 is 8.42 Å². The highest BCUT2D eigenvalue weighted by molar-refractivity contribution is 7.92. The molecule has 0 N–H and O–H groups in total. The largest absolute Gasteiger partial charge is 0.229 e. The molecule has 1 aliphatic rings. The van der Waals surface area contributed by atoms with Gasteiger partial charge in [0.15, 0.2) is 9.84 Å². The lowest BCUT2D eigenvalue weighted by molar-refractivity contribution is 0.579. The zero-order valence-corrected chi connectivity index (χ0v) is 13.4. The van der Waals surface area contributed by atoms with Crippen molar-refractivity contribution in [1.82, 2.24) is 10.2 Å². The van der Waals surface area contributed by atoms with Gasteiger partial charge in [0.25, 0.3) is 0 Å². The molecule has 0 saturated heterocycles. The number of hydrogen-bond donors (Lipinski definition) is 0. The van der Waals surface area contributed by atoms with E-state index in [-0.39, 0.29) is 11.0 Å². The zero-order chi connectivity index (χ0) is 14.7. The van der Waals surface area contributed by atoms with Gasteiger partial charge in [-0.1, -0.05) is 54.5 Å². The molecule has 4 nitrogen and oxygen atoms in total. The number of benzene rings is 1. The van der Waals surface area contributed by atoms with Crippen LogP contribution in [0.3, 0.4) is 0 Å². The van der Waals surface area contributed by atoms with Crippen LogP contribution in [0.4, 0.5) is 0 Å². The first-order chi connectivity index (χ1) is 10.1. The second-order valence-corrected chi connectivity index (χ2v) is 8.85. The maximum absolute atomic E-state index is 12.2. The Hall–Kier alpha value is -1.27. The van der Waals surface area contributed by atoms with Crippen molar-refractivity contribution >= 4 is 21.2 Å². The lowest BCUT2D eigenvalue weighted by atomic mass is 10.2. The smallest absolute Gasteiger partial charge is 0.153 e. The fourth-order valence-electron chi connectivity index (χ4n) is 2.70. The maximum Gasteiger partial charge on any atom is 0.153 e. The number of aromatic nitrogens is 2. The van der Waals surface area contributed by atoms with Gasteiger partial charge in [-0.05, 0) is 12.8 Å². The van der Waals surface area contributed by atoms with Gasteiger partial charge in [0, 0.05) is 12.0 Å². The van der Waals surface area contributed by atoms with Crippen molar-refractivity contribution in [2.24, 2.45) is 0 Å². The van der Waals surface area contributed by atoms with E-state index in [0.717, 1.165) is 41.3 Å². The maximum atomic E-state index is 12.2. The summed E-state index contributed by atoms with van der Waals surface area (Å²) in [6, 6.07) is 9.85. The van der Waals surface area contributed by atoms with Crippen molar-refractivity contribution in [3.63, 3.8) is 0 Å². The fourth-order valence-corrected chi connectivity index (χ4v) is 5.53. The van der Waals surface area contributed by atoms with Crippen LogP contribution in [0, 0.1) is 0 Å². The Labute approximate surface area is 129 Å². The molecule has 0 aliphatic heterocycles. The minimum atomic E-state index is -2.97. The Balaban J connectivity index is 1.65. The quantitative estimate of drug-likeness (QED) is 0.848. The van der Waals surface area contributed by atoms with Gasteiger partial charge in [0.05, 0.1) is 11.0 Å². The van der Waals surface area contributed by atoms with E-state index in [1.165, 1.54) is 11.3 Å². The molecule has 0 bridgehead atoms. The molecule has 0 unspecified atom stereocenters. The van der Waals surface area contributed by atoms with Gasteiger partial charge in [0.1, 0.15) is 10.0 Å². The van der Waals surface area contributed by atoms with Crippen molar-refractivity contribution in [3.8, 4) is 10.6 Å². The Morgan fingerprint density at radius 1 is 1.10 bits per heavy atom. The predicted molar refractivity (Wildman–Crippen MR) is 85.1 cm³/mol. The van der Waals surface area contributed by atoms with Crippen molar-refractivity contribution in [2.75, 3.05) is 5.75 Å². The Morgan fingerprint density at radius 3 is 2.52 bits per heavy atom. The van der Waals surface area contributed by atoms with Crippen molar-refractivity contribution in [3.05, 3.63) is 35.3 Å². The number of aryl methyl sites for hydroxylation is 1. The monoisotopic (exact) mass is 322 g/mol. The lowest BCUT2D eigenvalue weighted by Crippen LogP contribution is -2.22. The number of hydrogen-bond acceptors (Lipinski definition) is 5. The van der Waals surface area contributed by atoms with Gasteiger partial charge in [0.2, 0.25) is 0 Å². The molecule has 0 atom stereocenters. The number of nitrogens with zero attached hydrogens (tertiary/aromatic N) is 2. The summed E-state index contributed by atoms with van der Waals surface area (Å²) in [6.07, 6.45) is 4.21. The summed E-state index contributed by atoms with van der Waals surface area (Å²) in [5, 5.41) is 9.81. The highest BCUT2D eigenvalue weighted by Crippen LogP contribution is 2.27. The molecule has 1 fully saturated rings. The molecule has 1 aromatic carbocycles. The molecule has 1 aliphatic carbocycles. The summed E-state index contributed by atoms with van der Waals surface area (Å²) in [5.41, 5.74) is 1.03. The summed E-state index contributed by atoms with van der Waals surface area (Å²) in [7, 11) is -2.97. The topological polar surface area (TPSA) is 59.9 Å². The van der Waals surface area contributed by atoms with Crippen LogP contribution in [0.2, 0.25) is 0 Å². The zero-order valence-electron chi connectivity index (χ0n) is 11.7. The number of rotatable bonds is 5. The summed E-state index contributed by atoms with van der Waals surface area (Å²) in [5.74, 6) is 0.196. The molecule has 0 amide bonds. The minimum absolute atomic E-state index is 0.126. The summed E-state index contributed by atoms with van der Waals surface area (Å²) < 4.78 is 24.5. The average Bonchev–Trinajstić information content (AvgIpc) is 3.18. The minimum Gasteiger partial charge on any atom is -0.229 e. The van der Waals surface area contributed by atoms with E-state index in [1.807, 2.05) is 30.3 Å². The average molecular weight is 322 g/mol. The van der Waals surface area contributed by atoms with Gasteiger partial charge in [-0.15, -0.1) is 10.2 Å². The van der Waals surface area contributed by atoms with E-state index in [0.29, 0.717) is 6.42 Å². The van der Waals surface area contributed by atoms with Gasteiger partial charge in [-0.25, -0.2) is 8.42 Å². The number of sulfone groups is 1. The standard InChI is InChI=1S/C15H18N2O2S2/c18-21(19,13-8-4-5-9-13)11-10-14-16-17-15(20-14)12-6-2-1-3-7-12/h1-3,6-7,13H,4-5,8-11H2. The fraction of sp³-hybridized carbons (Fsp3) is 0.467. The molecule has 112 valence electrons. The van der Waals surface area contributed by atoms with E-state index < -0.39 is 9.84 Å². The molecule has 1 heterocycles. The first-order valence-electron chi connectivity index (χ1n) is 7.24. The second kappa shape index (κ2) is 6.23. The summed E-state index contributed by atoms with van der Waals surface area (Å²) in [4.78, 5) is 0.